The first kappa shape index (κ1) is 11.3. The lowest BCUT2D eigenvalue weighted by atomic mass is 10.2. The number of benzene rings is 1. The summed E-state index contributed by atoms with van der Waals surface area (Å²) in [6.45, 7) is 5.17. The first-order valence-corrected chi connectivity index (χ1v) is 6.47. The summed E-state index contributed by atoms with van der Waals surface area (Å²) >= 11 is 5.07. The molecule has 0 radical (unpaired) electrons. The number of nitrogens with zero attached hydrogens (tertiary/aromatic N) is 3. The van der Waals surface area contributed by atoms with Crippen LogP contribution in [-0.2, 0) is 6.54 Å². The molecule has 0 amide bonds. The number of aromatic nitrogens is 4. The number of aryl methyl sites for hydroxylation is 2. The van der Waals surface area contributed by atoms with Gasteiger partial charge in [0.1, 0.15) is 5.52 Å². The van der Waals surface area contributed by atoms with Gasteiger partial charge in [0.2, 0.25) is 4.77 Å². The van der Waals surface area contributed by atoms with Crippen LogP contribution in [0.25, 0.3) is 22.1 Å². The zero-order chi connectivity index (χ0) is 12.7. The van der Waals surface area contributed by atoms with Crippen molar-refractivity contribution in [1.29, 1.82) is 0 Å². The smallest absolute Gasteiger partial charge is 0.215 e. The maximum absolute atomic E-state index is 5.07. The monoisotopic (exact) mass is 258 g/mol. The first-order valence-electron chi connectivity index (χ1n) is 6.06. The summed E-state index contributed by atoms with van der Waals surface area (Å²) in [5.74, 6) is 0. The quantitative estimate of drug-likeness (QED) is 0.717. The van der Waals surface area contributed by atoms with Gasteiger partial charge in [-0.3, -0.25) is 5.10 Å². The molecule has 0 fully saturated rings. The van der Waals surface area contributed by atoms with E-state index in [9.17, 15) is 0 Å². The Morgan fingerprint density at radius 2 is 2.22 bits per heavy atom. The third kappa shape index (κ3) is 1.62. The highest BCUT2D eigenvalue weighted by Gasteiger charge is 2.12. The van der Waals surface area contributed by atoms with E-state index in [0.717, 1.165) is 29.5 Å². The van der Waals surface area contributed by atoms with E-state index in [-0.39, 0.29) is 0 Å². The molecule has 0 aliphatic rings. The molecule has 18 heavy (non-hydrogen) atoms. The number of fused-ring (bicyclic) bond motifs is 3. The van der Waals surface area contributed by atoms with E-state index in [1.54, 1.807) is 0 Å². The van der Waals surface area contributed by atoms with Crippen molar-refractivity contribution in [3.63, 3.8) is 0 Å². The predicted molar refractivity (Wildman–Crippen MR) is 75.2 cm³/mol. The number of rotatable bonds is 2. The van der Waals surface area contributed by atoms with Crippen LogP contribution < -0.4 is 0 Å². The topological polar surface area (TPSA) is 46.5 Å². The highest BCUT2D eigenvalue weighted by Crippen LogP contribution is 2.26. The minimum atomic E-state index is 0.430. The Kier molecular flexibility index (Phi) is 2.63. The third-order valence-corrected chi connectivity index (χ3v) is 3.27. The maximum Gasteiger partial charge on any atom is 0.215 e. The van der Waals surface area contributed by atoms with Crippen molar-refractivity contribution in [3.05, 3.63) is 28.5 Å². The summed E-state index contributed by atoms with van der Waals surface area (Å²) in [5.41, 5.74) is 4.17. The van der Waals surface area contributed by atoms with Gasteiger partial charge in [-0.2, -0.15) is 10.1 Å². The van der Waals surface area contributed by atoms with E-state index in [4.69, 9.17) is 12.2 Å². The Bertz CT molecular complexity index is 785. The Morgan fingerprint density at radius 3 is 3.00 bits per heavy atom. The molecular weight excluding hydrogens is 244 g/mol. The minimum Gasteiger partial charge on any atom is -0.324 e. The lowest BCUT2D eigenvalue weighted by Crippen LogP contribution is -1.98. The number of nitrogens with one attached hydrogen (secondary N) is 1. The zero-order valence-electron chi connectivity index (χ0n) is 10.4. The fraction of sp³-hybridized carbons (Fsp3) is 0.308. The number of aromatic amines is 1. The van der Waals surface area contributed by atoms with E-state index in [0.29, 0.717) is 4.77 Å². The Labute approximate surface area is 110 Å². The molecule has 3 rings (SSSR count). The molecule has 2 heterocycles. The standard InChI is InChI=1S/C13H14N4S/c1-3-6-17-10-5-4-8(2)7-9(10)11-12(17)14-13(18)16-15-11/h4-5,7H,3,6H2,1-2H3,(H,14,16,18). The van der Waals surface area contributed by atoms with Crippen molar-refractivity contribution < 1.29 is 0 Å². The van der Waals surface area contributed by atoms with Crippen molar-refractivity contribution in [3.8, 4) is 0 Å². The van der Waals surface area contributed by atoms with Crippen LogP contribution in [-0.4, -0.2) is 19.7 Å². The van der Waals surface area contributed by atoms with E-state index in [1.165, 1.54) is 11.1 Å². The second kappa shape index (κ2) is 4.17. The largest absolute Gasteiger partial charge is 0.324 e. The van der Waals surface area contributed by atoms with Gasteiger partial charge in [0, 0.05) is 11.9 Å². The van der Waals surface area contributed by atoms with Gasteiger partial charge in [-0.1, -0.05) is 18.6 Å². The number of hydrogen-bond acceptors (Lipinski definition) is 3. The van der Waals surface area contributed by atoms with Gasteiger partial charge in [-0.05, 0) is 37.7 Å². The van der Waals surface area contributed by atoms with Gasteiger partial charge in [0.15, 0.2) is 5.65 Å². The summed E-state index contributed by atoms with van der Waals surface area (Å²) in [5, 5.41) is 8.26. The number of hydrogen-bond donors (Lipinski definition) is 1. The third-order valence-electron chi connectivity index (χ3n) is 3.08. The zero-order valence-corrected chi connectivity index (χ0v) is 11.2. The molecule has 2 aromatic heterocycles. The molecule has 0 aliphatic carbocycles. The van der Waals surface area contributed by atoms with Crippen LogP contribution in [0.2, 0.25) is 0 Å². The molecular formula is C13H14N4S. The highest BCUT2D eigenvalue weighted by molar-refractivity contribution is 7.71. The fourth-order valence-electron chi connectivity index (χ4n) is 2.34. The van der Waals surface area contributed by atoms with E-state index >= 15 is 0 Å². The summed E-state index contributed by atoms with van der Waals surface area (Å²) < 4.78 is 2.63. The van der Waals surface area contributed by atoms with Crippen molar-refractivity contribution in [2.24, 2.45) is 0 Å². The Hall–Kier alpha value is -1.75. The lowest BCUT2D eigenvalue weighted by molar-refractivity contribution is 0.715. The van der Waals surface area contributed by atoms with Crippen LogP contribution >= 0.6 is 12.2 Å². The lowest BCUT2D eigenvalue weighted by Gasteiger charge is -2.03. The van der Waals surface area contributed by atoms with Crippen LogP contribution in [0.15, 0.2) is 18.2 Å². The number of H-pyrrole nitrogens is 1. The van der Waals surface area contributed by atoms with Crippen molar-refractivity contribution in [2.45, 2.75) is 26.8 Å². The van der Waals surface area contributed by atoms with Gasteiger partial charge in [0.05, 0.1) is 5.52 Å². The average molecular weight is 258 g/mol. The van der Waals surface area contributed by atoms with Crippen molar-refractivity contribution >= 4 is 34.3 Å². The van der Waals surface area contributed by atoms with Gasteiger partial charge >= 0.3 is 0 Å². The second-order valence-electron chi connectivity index (χ2n) is 4.49. The molecule has 0 saturated heterocycles. The van der Waals surface area contributed by atoms with Gasteiger partial charge < -0.3 is 4.57 Å². The predicted octanol–water partition coefficient (Wildman–Crippen LogP) is 3.36. The normalized spacial score (nSPS) is 11.4. The molecule has 1 aromatic carbocycles. The SMILES string of the molecule is CCCn1c2ccc(C)cc2c2n[nH]c(=S)nc21. The molecule has 92 valence electrons. The molecule has 0 aliphatic heterocycles. The van der Waals surface area contributed by atoms with Crippen LogP contribution in [0.4, 0.5) is 0 Å². The molecule has 1 N–H and O–H groups in total. The van der Waals surface area contributed by atoms with E-state index in [2.05, 4.69) is 51.8 Å². The van der Waals surface area contributed by atoms with Gasteiger partial charge in [-0.25, -0.2) is 0 Å². The molecule has 0 unspecified atom stereocenters. The molecule has 0 bridgehead atoms. The van der Waals surface area contributed by atoms with Crippen LogP contribution in [0.3, 0.4) is 0 Å². The van der Waals surface area contributed by atoms with E-state index < -0.39 is 0 Å². The Balaban J connectivity index is 2.52. The molecule has 0 saturated carbocycles. The molecule has 0 spiro atoms. The minimum absolute atomic E-state index is 0.430. The van der Waals surface area contributed by atoms with Crippen LogP contribution in [0, 0.1) is 11.7 Å². The average Bonchev–Trinajstić information content (AvgIpc) is 2.63. The molecule has 4 nitrogen and oxygen atoms in total. The second-order valence-corrected chi connectivity index (χ2v) is 4.87. The maximum atomic E-state index is 5.07. The Morgan fingerprint density at radius 1 is 1.39 bits per heavy atom. The van der Waals surface area contributed by atoms with E-state index in [1.807, 2.05) is 0 Å². The van der Waals surface area contributed by atoms with Crippen molar-refractivity contribution in [1.82, 2.24) is 19.7 Å². The fourth-order valence-corrected chi connectivity index (χ4v) is 2.47. The van der Waals surface area contributed by atoms with Crippen molar-refractivity contribution in [2.75, 3.05) is 0 Å². The first-order chi connectivity index (χ1) is 8.70. The van der Waals surface area contributed by atoms with Gasteiger partial charge in [0.25, 0.3) is 0 Å². The van der Waals surface area contributed by atoms with Gasteiger partial charge in [-0.15, -0.1) is 0 Å². The molecule has 3 aromatic rings. The summed E-state index contributed by atoms with van der Waals surface area (Å²) in [6.07, 6.45) is 1.06. The van der Waals surface area contributed by atoms with Crippen LogP contribution in [0.1, 0.15) is 18.9 Å². The highest BCUT2D eigenvalue weighted by atomic mass is 32.1. The molecule has 5 heteroatoms. The summed E-state index contributed by atoms with van der Waals surface area (Å²) in [6, 6.07) is 6.40. The summed E-state index contributed by atoms with van der Waals surface area (Å²) in [4.78, 5) is 4.42. The molecule has 0 atom stereocenters. The summed E-state index contributed by atoms with van der Waals surface area (Å²) in [7, 11) is 0. The van der Waals surface area contributed by atoms with Crippen LogP contribution in [0.5, 0.6) is 0 Å².